The summed E-state index contributed by atoms with van der Waals surface area (Å²) < 4.78 is 5.60. The van der Waals surface area contributed by atoms with Crippen LogP contribution < -0.4 is 5.32 Å². The summed E-state index contributed by atoms with van der Waals surface area (Å²) in [5, 5.41) is 3.09. The fourth-order valence-electron chi connectivity index (χ4n) is 3.21. The molecule has 3 rings (SSSR count). The number of amides is 1. The molecule has 122 valence electrons. The van der Waals surface area contributed by atoms with E-state index < -0.39 is 0 Å². The van der Waals surface area contributed by atoms with Gasteiger partial charge < -0.3 is 9.73 Å². The summed E-state index contributed by atoms with van der Waals surface area (Å²) in [6, 6.07) is 9.98. The van der Waals surface area contributed by atoms with Gasteiger partial charge in [0.05, 0.1) is 12.3 Å². The van der Waals surface area contributed by atoms with Gasteiger partial charge in [-0.25, -0.2) is 0 Å². The van der Waals surface area contributed by atoms with Crippen LogP contribution in [0, 0.1) is 13.8 Å². The first-order valence-electron chi connectivity index (χ1n) is 8.28. The topological polar surface area (TPSA) is 45.5 Å². The zero-order chi connectivity index (χ0) is 16.2. The predicted molar refractivity (Wildman–Crippen MR) is 90.5 cm³/mol. The van der Waals surface area contributed by atoms with Crippen LogP contribution in [0.3, 0.4) is 0 Å². The van der Waals surface area contributed by atoms with E-state index >= 15 is 0 Å². The van der Waals surface area contributed by atoms with E-state index in [1.165, 1.54) is 12.8 Å². The van der Waals surface area contributed by atoms with Crippen molar-refractivity contribution in [1.29, 1.82) is 0 Å². The van der Waals surface area contributed by atoms with Crippen LogP contribution in [0.15, 0.2) is 41.0 Å². The third kappa shape index (κ3) is 3.64. The van der Waals surface area contributed by atoms with Gasteiger partial charge in [0.1, 0.15) is 5.76 Å². The molecule has 0 saturated carbocycles. The molecule has 1 N–H and O–H groups in total. The zero-order valence-corrected chi connectivity index (χ0v) is 13.8. The van der Waals surface area contributed by atoms with Crippen LogP contribution in [0.25, 0.3) is 0 Å². The van der Waals surface area contributed by atoms with Crippen LogP contribution in [0.5, 0.6) is 0 Å². The minimum Gasteiger partial charge on any atom is -0.468 e. The number of furan rings is 1. The summed E-state index contributed by atoms with van der Waals surface area (Å²) in [6.07, 6.45) is 4.12. The maximum absolute atomic E-state index is 12.5. The minimum absolute atomic E-state index is 0.0121. The number of hydrogen-bond donors (Lipinski definition) is 1. The van der Waals surface area contributed by atoms with Gasteiger partial charge in [0.15, 0.2) is 0 Å². The Morgan fingerprint density at radius 1 is 1.26 bits per heavy atom. The highest BCUT2D eigenvalue weighted by molar-refractivity contribution is 5.95. The van der Waals surface area contributed by atoms with Crippen LogP contribution in [-0.2, 0) is 0 Å². The second-order valence-electron chi connectivity index (χ2n) is 6.30. The van der Waals surface area contributed by atoms with Crippen LogP contribution in [0.4, 0.5) is 0 Å². The van der Waals surface area contributed by atoms with E-state index in [1.807, 2.05) is 44.2 Å². The lowest BCUT2D eigenvalue weighted by atomic mass is 10.0. The molecule has 2 heterocycles. The van der Waals surface area contributed by atoms with Crippen molar-refractivity contribution in [3.05, 3.63) is 59.0 Å². The lowest BCUT2D eigenvalue weighted by Gasteiger charge is -2.26. The lowest BCUT2D eigenvalue weighted by Crippen LogP contribution is -2.36. The maximum atomic E-state index is 12.5. The van der Waals surface area contributed by atoms with E-state index in [4.69, 9.17) is 4.42 Å². The van der Waals surface area contributed by atoms with E-state index in [1.54, 1.807) is 6.26 Å². The molecule has 1 saturated heterocycles. The number of nitrogens with one attached hydrogen (secondary N) is 1. The van der Waals surface area contributed by atoms with Gasteiger partial charge in [0.25, 0.3) is 5.91 Å². The summed E-state index contributed by atoms with van der Waals surface area (Å²) in [5.41, 5.74) is 2.86. The number of benzene rings is 1. The summed E-state index contributed by atoms with van der Waals surface area (Å²) in [6.45, 7) is 6.67. The number of rotatable bonds is 5. The molecule has 1 aliphatic heterocycles. The zero-order valence-electron chi connectivity index (χ0n) is 13.8. The van der Waals surface area contributed by atoms with Crippen molar-refractivity contribution in [1.82, 2.24) is 10.2 Å². The van der Waals surface area contributed by atoms with Crippen LogP contribution in [0.1, 0.15) is 46.1 Å². The van der Waals surface area contributed by atoms with Crippen LogP contribution in [-0.4, -0.2) is 30.4 Å². The fraction of sp³-hybridized carbons (Fsp3) is 0.421. The normalized spacial score (nSPS) is 16.4. The van der Waals surface area contributed by atoms with Gasteiger partial charge in [0.2, 0.25) is 0 Å². The Morgan fingerprint density at radius 2 is 2.04 bits per heavy atom. The van der Waals surface area contributed by atoms with Crippen LogP contribution in [0.2, 0.25) is 0 Å². The highest BCUT2D eigenvalue weighted by atomic mass is 16.3. The third-order valence-corrected chi connectivity index (χ3v) is 4.55. The summed E-state index contributed by atoms with van der Waals surface area (Å²) in [5.74, 6) is 0.912. The molecule has 1 aromatic heterocycles. The van der Waals surface area contributed by atoms with Crippen molar-refractivity contribution >= 4 is 5.91 Å². The molecule has 0 spiro atoms. The Balaban J connectivity index is 1.71. The molecule has 1 aromatic carbocycles. The molecule has 23 heavy (non-hydrogen) atoms. The molecule has 1 amide bonds. The average Bonchev–Trinajstić information content (AvgIpc) is 3.23. The fourth-order valence-corrected chi connectivity index (χ4v) is 3.21. The van der Waals surface area contributed by atoms with Gasteiger partial charge in [-0.3, -0.25) is 9.69 Å². The lowest BCUT2D eigenvalue weighted by molar-refractivity contribution is 0.0933. The van der Waals surface area contributed by atoms with E-state index in [-0.39, 0.29) is 11.9 Å². The van der Waals surface area contributed by atoms with Crippen molar-refractivity contribution in [3.8, 4) is 0 Å². The standard InChI is InChI=1S/C19H24N2O2/c1-14-7-8-15(2)16(12-14)19(22)20-13-17(18-6-5-11-23-18)21-9-3-4-10-21/h5-8,11-12,17H,3-4,9-10,13H2,1-2H3,(H,20,22)/t17-/m0/s1. The highest BCUT2D eigenvalue weighted by Crippen LogP contribution is 2.25. The monoisotopic (exact) mass is 312 g/mol. The first-order chi connectivity index (χ1) is 11.1. The Hall–Kier alpha value is -2.07. The molecular weight excluding hydrogens is 288 g/mol. The van der Waals surface area contributed by atoms with Gasteiger partial charge >= 0.3 is 0 Å². The van der Waals surface area contributed by atoms with Crippen molar-refractivity contribution in [2.24, 2.45) is 0 Å². The molecular formula is C19H24N2O2. The summed E-state index contributed by atoms with van der Waals surface area (Å²) in [7, 11) is 0. The first kappa shape index (κ1) is 15.8. The Labute approximate surface area is 137 Å². The Bertz CT molecular complexity index is 658. The molecule has 4 heteroatoms. The third-order valence-electron chi connectivity index (χ3n) is 4.55. The second-order valence-corrected chi connectivity index (χ2v) is 6.30. The number of carbonyl (C=O) groups is 1. The molecule has 1 fully saturated rings. The van der Waals surface area contributed by atoms with E-state index in [0.29, 0.717) is 6.54 Å². The van der Waals surface area contributed by atoms with Crippen molar-refractivity contribution in [2.45, 2.75) is 32.7 Å². The number of carbonyl (C=O) groups excluding carboxylic acids is 1. The van der Waals surface area contributed by atoms with Crippen molar-refractivity contribution < 1.29 is 9.21 Å². The van der Waals surface area contributed by atoms with Crippen LogP contribution >= 0.6 is 0 Å². The highest BCUT2D eigenvalue weighted by Gasteiger charge is 2.26. The summed E-state index contributed by atoms with van der Waals surface area (Å²) >= 11 is 0. The maximum Gasteiger partial charge on any atom is 0.251 e. The quantitative estimate of drug-likeness (QED) is 0.919. The SMILES string of the molecule is Cc1ccc(C)c(C(=O)NC[C@@H](c2ccco2)N2CCCC2)c1. The second kappa shape index (κ2) is 7.01. The van der Waals surface area contributed by atoms with E-state index in [9.17, 15) is 4.79 Å². The number of aryl methyl sites for hydroxylation is 2. The molecule has 0 bridgehead atoms. The minimum atomic E-state index is -0.0121. The molecule has 2 aromatic rings. The average molecular weight is 312 g/mol. The van der Waals surface area contributed by atoms with Gasteiger partial charge in [0, 0.05) is 12.1 Å². The number of hydrogen-bond acceptors (Lipinski definition) is 3. The van der Waals surface area contributed by atoms with Gasteiger partial charge in [-0.1, -0.05) is 17.7 Å². The van der Waals surface area contributed by atoms with Gasteiger partial charge in [-0.2, -0.15) is 0 Å². The molecule has 0 aliphatic carbocycles. The van der Waals surface area contributed by atoms with Gasteiger partial charge in [-0.15, -0.1) is 0 Å². The Morgan fingerprint density at radius 3 is 2.74 bits per heavy atom. The largest absolute Gasteiger partial charge is 0.468 e. The number of nitrogens with zero attached hydrogens (tertiary/aromatic N) is 1. The van der Waals surface area contributed by atoms with Gasteiger partial charge in [-0.05, 0) is 63.5 Å². The molecule has 0 radical (unpaired) electrons. The first-order valence-corrected chi connectivity index (χ1v) is 8.28. The van der Waals surface area contributed by atoms with Crippen molar-refractivity contribution in [2.75, 3.05) is 19.6 Å². The van der Waals surface area contributed by atoms with E-state index in [2.05, 4.69) is 10.2 Å². The summed E-state index contributed by atoms with van der Waals surface area (Å²) in [4.78, 5) is 14.9. The smallest absolute Gasteiger partial charge is 0.251 e. The molecule has 1 aliphatic rings. The molecule has 1 atom stereocenters. The van der Waals surface area contributed by atoms with E-state index in [0.717, 1.165) is 35.5 Å². The molecule has 4 nitrogen and oxygen atoms in total. The Kier molecular flexibility index (Phi) is 4.82. The molecule has 0 unspecified atom stereocenters. The predicted octanol–water partition coefficient (Wildman–Crippen LogP) is 3.46. The van der Waals surface area contributed by atoms with Crippen molar-refractivity contribution in [3.63, 3.8) is 0 Å². The number of likely N-dealkylation sites (tertiary alicyclic amines) is 1.